The van der Waals surface area contributed by atoms with Gasteiger partial charge in [-0.3, -0.25) is 4.79 Å². The second-order valence-electron chi connectivity index (χ2n) is 7.37. The van der Waals surface area contributed by atoms with Gasteiger partial charge in [0.2, 0.25) is 0 Å². The number of amides is 3. The maximum absolute atomic E-state index is 13.5. The molecule has 1 atom stereocenters. The Hall–Kier alpha value is -3.28. The number of fused-ring (bicyclic) bond motifs is 6. The topological polar surface area (TPSA) is 77.2 Å². The van der Waals surface area contributed by atoms with Crippen molar-refractivity contribution in [2.75, 3.05) is 18.4 Å². The highest BCUT2D eigenvalue weighted by atomic mass is 16.2. The molecular formula is C22H22N4O2. The van der Waals surface area contributed by atoms with Crippen molar-refractivity contribution in [1.82, 2.24) is 15.2 Å². The Bertz CT molecular complexity index is 1100. The van der Waals surface area contributed by atoms with Gasteiger partial charge in [0.15, 0.2) is 5.54 Å². The smallest absolute Gasteiger partial charge is 0.318 e. The number of H-pyrrole nitrogens is 1. The summed E-state index contributed by atoms with van der Waals surface area (Å²) in [5.74, 6) is -0.187. The van der Waals surface area contributed by atoms with Crippen LogP contribution in [0, 0.1) is 0 Å². The first-order valence-electron chi connectivity index (χ1n) is 9.74. The molecule has 0 fully saturated rings. The van der Waals surface area contributed by atoms with Crippen LogP contribution in [0.2, 0.25) is 0 Å². The molecule has 3 heterocycles. The van der Waals surface area contributed by atoms with Crippen LogP contribution in [0.1, 0.15) is 30.2 Å². The highest BCUT2D eigenvalue weighted by Gasteiger charge is 2.58. The van der Waals surface area contributed by atoms with Crippen molar-refractivity contribution in [1.29, 1.82) is 0 Å². The summed E-state index contributed by atoms with van der Waals surface area (Å²) in [6, 6.07) is 15.5. The second-order valence-corrected chi connectivity index (χ2v) is 7.37. The third kappa shape index (κ3) is 2.08. The van der Waals surface area contributed by atoms with Crippen LogP contribution in [-0.4, -0.2) is 34.9 Å². The van der Waals surface area contributed by atoms with Gasteiger partial charge in [-0.05, 0) is 30.5 Å². The molecule has 3 amide bonds. The summed E-state index contributed by atoms with van der Waals surface area (Å²) >= 11 is 0. The standard InChI is InChI=1S/C22H22N4O2/c1-2-12-23-21(28)26-13-11-15-14-7-3-5-9-17(14)24-19(15)22(26)16-8-4-6-10-18(16)25-20(22)27/h3-10,24H,2,11-13H2,1H3,(H,23,28)(H,25,27). The van der Waals surface area contributed by atoms with Gasteiger partial charge in [-0.25, -0.2) is 4.79 Å². The molecule has 1 aromatic heterocycles. The molecule has 142 valence electrons. The Morgan fingerprint density at radius 3 is 2.82 bits per heavy atom. The van der Waals surface area contributed by atoms with E-state index in [0.29, 0.717) is 19.5 Å². The normalized spacial score (nSPS) is 20.2. The van der Waals surface area contributed by atoms with E-state index >= 15 is 0 Å². The van der Waals surface area contributed by atoms with Crippen LogP contribution >= 0.6 is 0 Å². The Morgan fingerprint density at radius 1 is 1.18 bits per heavy atom. The van der Waals surface area contributed by atoms with E-state index in [9.17, 15) is 9.59 Å². The van der Waals surface area contributed by atoms with Crippen molar-refractivity contribution in [3.05, 3.63) is 65.4 Å². The molecule has 3 N–H and O–H groups in total. The predicted octanol–water partition coefficient (Wildman–Crippen LogP) is 3.34. The van der Waals surface area contributed by atoms with Crippen LogP contribution in [0.5, 0.6) is 0 Å². The fourth-order valence-corrected chi connectivity index (χ4v) is 4.63. The van der Waals surface area contributed by atoms with Gasteiger partial charge in [-0.2, -0.15) is 0 Å². The first kappa shape index (κ1) is 16.9. The van der Waals surface area contributed by atoms with Crippen LogP contribution in [0.25, 0.3) is 10.9 Å². The van der Waals surface area contributed by atoms with E-state index in [2.05, 4.69) is 21.7 Å². The Morgan fingerprint density at radius 2 is 1.96 bits per heavy atom. The van der Waals surface area contributed by atoms with Gasteiger partial charge < -0.3 is 20.5 Å². The fraction of sp³-hybridized carbons (Fsp3) is 0.273. The third-order valence-electron chi connectivity index (χ3n) is 5.83. The largest absolute Gasteiger partial charge is 0.355 e. The van der Waals surface area contributed by atoms with Crippen LogP contribution in [0.4, 0.5) is 10.5 Å². The minimum atomic E-state index is -1.18. The van der Waals surface area contributed by atoms with Gasteiger partial charge in [0.1, 0.15) is 0 Å². The van der Waals surface area contributed by atoms with E-state index in [1.807, 2.05) is 49.4 Å². The van der Waals surface area contributed by atoms with Gasteiger partial charge in [0, 0.05) is 35.2 Å². The summed E-state index contributed by atoms with van der Waals surface area (Å²) in [6.45, 7) is 3.07. The average Bonchev–Trinajstić information content (AvgIpc) is 3.23. The van der Waals surface area contributed by atoms with Crippen LogP contribution in [-0.2, 0) is 16.8 Å². The molecule has 1 unspecified atom stereocenters. The molecule has 0 saturated carbocycles. The molecule has 2 aliphatic rings. The van der Waals surface area contributed by atoms with Crippen molar-refractivity contribution in [3.8, 4) is 0 Å². The SMILES string of the molecule is CCCNC(=O)N1CCc2c([nH]c3ccccc23)C12C(=O)Nc1ccccc12. The van der Waals surface area contributed by atoms with Crippen LogP contribution in [0.3, 0.4) is 0 Å². The van der Waals surface area contributed by atoms with Gasteiger partial charge in [0.25, 0.3) is 5.91 Å². The Labute approximate surface area is 162 Å². The lowest BCUT2D eigenvalue weighted by Gasteiger charge is -2.42. The number of carbonyl (C=O) groups is 2. The molecule has 28 heavy (non-hydrogen) atoms. The lowest BCUT2D eigenvalue weighted by atomic mass is 9.80. The van der Waals surface area contributed by atoms with Crippen molar-refractivity contribution in [2.45, 2.75) is 25.3 Å². The van der Waals surface area contributed by atoms with E-state index in [1.54, 1.807) is 4.90 Å². The number of para-hydroxylation sites is 2. The highest BCUT2D eigenvalue weighted by molar-refractivity contribution is 6.11. The molecule has 6 nitrogen and oxygen atoms in total. The molecule has 6 heteroatoms. The molecule has 0 aliphatic carbocycles. The Balaban J connectivity index is 1.79. The maximum atomic E-state index is 13.5. The second kappa shape index (κ2) is 6.12. The molecule has 3 aromatic rings. The van der Waals surface area contributed by atoms with Gasteiger partial charge in [-0.15, -0.1) is 0 Å². The van der Waals surface area contributed by atoms with E-state index in [4.69, 9.17) is 0 Å². The zero-order valence-corrected chi connectivity index (χ0v) is 15.7. The first-order chi connectivity index (χ1) is 13.7. The molecule has 0 bridgehead atoms. The number of nitrogens with one attached hydrogen (secondary N) is 3. The van der Waals surface area contributed by atoms with Crippen molar-refractivity contribution < 1.29 is 9.59 Å². The minimum absolute atomic E-state index is 0.187. The van der Waals surface area contributed by atoms with Crippen molar-refractivity contribution >= 4 is 28.5 Å². The zero-order chi connectivity index (χ0) is 19.3. The van der Waals surface area contributed by atoms with Gasteiger partial charge in [-0.1, -0.05) is 43.3 Å². The zero-order valence-electron chi connectivity index (χ0n) is 15.7. The van der Waals surface area contributed by atoms with E-state index in [-0.39, 0.29) is 11.9 Å². The maximum Gasteiger partial charge on any atom is 0.318 e. The number of nitrogens with zero attached hydrogens (tertiary/aromatic N) is 1. The lowest BCUT2D eigenvalue weighted by molar-refractivity contribution is -0.124. The summed E-state index contributed by atoms with van der Waals surface area (Å²) < 4.78 is 0. The number of hydrogen-bond acceptors (Lipinski definition) is 2. The number of hydrogen-bond donors (Lipinski definition) is 3. The molecule has 2 aromatic carbocycles. The average molecular weight is 374 g/mol. The van der Waals surface area contributed by atoms with E-state index < -0.39 is 5.54 Å². The number of anilines is 1. The monoisotopic (exact) mass is 374 g/mol. The minimum Gasteiger partial charge on any atom is -0.355 e. The van der Waals surface area contributed by atoms with E-state index in [1.165, 1.54) is 0 Å². The summed E-state index contributed by atoms with van der Waals surface area (Å²) in [5, 5.41) is 7.08. The van der Waals surface area contributed by atoms with Gasteiger partial charge >= 0.3 is 6.03 Å². The number of urea groups is 1. The molecule has 0 radical (unpaired) electrons. The molecule has 2 aliphatic heterocycles. The van der Waals surface area contributed by atoms with Gasteiger partial charge in [0.05, 0.1) is 5.69 Å². The highest BCUT2D eigenvalue weighted by Crippen LogP contribution is 2.49. The quantitative estimate of drug-likeness (QED) is 0.643. The summed E-state index contributed by atoms with van der Waals surface area (Å²) in [4.78, 5) is 31.8. The summed E-state index contributed by atoms with van der Waals surface area (Å²) in [7, 11) is 0. The Kier molecular flexibility index (Phi) is 3.69. The number of benzene rings is 2. The molecule has 5 rings (SSSR count). The van der Waals surface area contributed by atoms with Crippen LogP contribution < -0.4 is 10.6 Å². The summed E-state index contributed by atoms with van der Waals surface area (Å²) in [5.41, 5.74) is 3.29. The van der Waals surface area contributed by atoms with Crippen molar-refractivity contribution in [3.63, 3.8) is 0 Å². The van der Waals surface area contributed by atoms with Crippen molar-refractivity contribution in [2.24, 2.45) is 0 Å². The van der Waals surface area contributed by atoms with Crippen LogP contribution in [0.15, 0.2) is 48.5 Å². The van der Waals surface area contributed by atoms with E-state index in [0.717, 1.165) is 39.8 Å². The third-order valence-corrected chi connectivity index (χ3v) is 5.83. The number of aromatic nitrogens is 1. The number of aromatic amines is 1. The molecule has 1 spiro atoms. The fourth-order valence-electron chi connectivity index (χ4n) is 4.63. The number of carbonyl (C=O) groups excluding carboxylic acids is 2. The molecule has 0 saturated heterocycles. The first-order valence-corrected chi connectivity index (χ1v) is 9.74. The number of rotatable bonds is 2. The lowest BCUT2D eigenvalue weighted by Crippen LogP contribution is -2.60. The predicted molar refractivity (Wildman–Crippen MR) is 108 cm³/mol. The summed E-state index contributed by atoms with van der Waals surface area (Å²) in [6.07, 6.45) is 1.54. The molecular weight excluding hydrogens is 352 g/mol.